The van der Waals surface area contributed by atoms with E-state index in [0.29, 0.717) is 19.4 Å². The van der Waals surface area contributed by atoms with Gasteiger partial charge in [-0.25, -0.2) is 4.57 Å². The van der Waals surface area contributed by atoms with E-state index in [2.05, 4.69) is 0 Å². The van der Waals surface area contributed by atoms with Gasteiger partial charge in [0.15, 0.2) is 0 Å². The van der Waals surface area contributed by atoms with Crippen LogP contribution in [0.5, 0.6) is 0 Å². The summed E-state index contributed by atoms with van der Waals surface area (Å²) < 4.78 is 28.6. The summed E-state index contributed by atoms with van der Waals surface area (Å²) in [6.45, 7) is 5.44. The van der Waals surface area contributed by atoms with Gasteiger partial charge in [-0.05, 0) is 32.8 Å². The average molecular weight is 300 g/mol. The molecular weight excluding hydrogens is 279 g/mol. The quantitative estimate of drug-likeness (QED) is 0.728. The van der Waals surface area contributed by atoms with Crippen LogP contribution in [0, 0.1) is 5.92 Å². The first-order valence-electron chi connectivity index (χ1n) is 6.88. The van der Waals surface area contributed by atoms with E-state index in [1.165, 1.54) is 0 Å². The Morgan fingerprint density at radius 1 is 1.55 bits per heavy atom. The summed E-state index contributed by atoms with van der Waals surface area (Å²) in [5, 5.41) is 0. The normalized spacial score (nSPS) is 32.9. The van der Waals surface area contributed by atoms with E-state index in [4.69, 9.17) is 13.6 Å². The minimum atomic E-state index is -3.50. The molecular formula is C14H21O5P. The van der Waals surface area contributed by atoms with Crippen LogP contribution in [0.2, 0.25) is 0 Å². The lowest BCUT2D eigenvalue weighted by atomic mass is 9.89. The monoisotopic (exact) mass is 300 g/mol. The molecule has 2 aliphatic rings. The highest BCUT2D eigenvalue weighted by Gasteiger charge is 2.42. The average Bonchev–Trinajstić information content (AvgIpc) is 2.34. The van der Waals surface area contributed by atoms with Crippen LogP contribution in [-0.4, -0.2) is 24.6 Å². The molecule has 6 heteroatoms. The van der Waals surface area contributed by atoms with Gasteiger partial charge in [0.05, 0.1) is 18.8 Å². The zero-order valence-corrected chi connectivity index (χ0v) is 13.0. The number of ketones is 1. The molecule has 1 aliphatic heterocycles. The van der Waals surface area contributed by atoms with Crippen molar-refractivity contribution in [3.8, 4) is 0 Å². The number of carbonyl (C=O) groups is 1. The minimum absolute atomic E-state index is 0.0276. The van der Waals surface area contributed by atoms with Crippen LogP contribution in [0.4, 0.5) is 0 Å². The molecule has 3 atom stereocenters. The number of allylic oxidation sites excluding steroid dienone is 2. The van der Waals surface area contributed by atoms with Gasteiger partial charge in [-0.3, -0.25) is 13.6 Å². The zero-order chi connectivity index (χ0) is 14.8. The van der Waals surface area contributed by atoms with Crippen LogP contribution in [-0.2, 0) is 22.9 Å². The molecule has 0 spiro atoms. The molecule has 0 N–H and O–H groups in total. The molecule has 0 bridgehead atoms. The van der Waals surface area contributed by atoms with Gasteiger partial charge in [0.25, 0.3) is 0 Å². The van der Waals surface area contributed by atoms with Gasteiger partial charge < -0.3 is 4.79 Å². The summed E-state index contributed by atoms with van der Waals surface area (Å²) in [5.74, 6) is 0.158. The maximum atomic E-state index is 12.4. The summed E-state index contributed by atoms with van der Waals surface area (Å²) >= 11 is 0. The van der Waals surface area contributed by atoms with Crippen molar-refractivity contribution in [1.29, 1.82) is 0 Å². The van der Waals surface area contributed by atoms with Gasteiger partial charge in [0, 0.05) is 12.3 Å². The second-order valence-corrected chi connectivity index (χ2v) is 6.99. The number of phosphoric acid groups is 1. The van der Waals surface area contributed by atoms with Gasteiger partial charge >= 0.3 is 7.82 Å². The SMILES string of the molecule is CC(=O)CCC1=CC=CC2COP(=O)(OC(C)C)OC12. The molecule has 0 aromatic heterocycles. The van der Waals surface area contributed by atoms with E-state index in [1.807, 2.05) is 18.2 Å². The van der Waals surface area contributed by atoms with Crippen molar-refractivity contribution in [2.45, 2.75) is 45.8 Å². The fraction of sp³-hybridized carbons (Fsp3) is 0.643. The first kappa shape index (κ1) is 15.6. The molecule has 0 aromatic rings. The van der Waals surface area contributed by atoms with Gasteiger partial charge in [-0.2, -0.15) is 0 Å². The Morgan fingerprint density at radius 2 is 2.30 bits per heavy atom. The summed E-state index contributed by atoms with van der Waals surface area (Å²) in [6.07, 6.45) is 6.35. The van der Waals surface area contributed by atoms with Crippen molar-refractivity contribution >= 4 is 13.6 Å². The maximum Gasteiger partial charge on any atom is 0.475 e. The Kier molecular flexibility index (Phi) is 4.97. The van der Waals surface area contributed by atoms with E-state index in [9.17, 15) is 9.36 Å². The van der Waals surface area contributed by atoms with Gasteiger partial charge in [-0.1, -0.05) is 18.2 Å². The molecule has 3 unspecified atom stereocenters. The molecule has 5 nitrogen and oxygen atoms in total. The third-order valence-electron chi connectivity index (χ3n) is 3.20. The largest absolute Gasteiger partial charge is 0.475 e. The molecule has 0 aromatic carbocycles. The molecule has 0 saturated carbocycles. The number of carbonyl (C=O) groups excluding carboxylic acids is 1. The first-order chi connectivity index (χ1) is 9.39. The highest BCUT2D eigenvalue weighted by Crippen LogP contribution is 2.57. The molecule has 2 rings (SSSR count). The van der Waals surface area contributed by atoms with Crippen LogP contribution >= 0.6 is 7.82 Å². The van der Waals surface area contributed by atoms with E-state index in [0.717, 1.165) is 5.57 Å². The molecule has 112 valence electrons. The molecule has 1 fully saturated rings. The van der Waals surface area contributed by atoms with E-state index < -0.39 is 7.82 Å². The molecule has 1 aliphatic carbocycles. The van der Waals surface area contributed by atoms with E-state index in [-0.39, 0.29) is 23.9 Å². The predicted octanol–water partition coefficient (Wildman–Crippen LogP) is 3.42. The molecule has 1 saturated heterocycles. The third-order valence-corrected chi connectivity index (χ3v) is 4.83. The Balaban J connectivity index is 2.09. The van der Waals surface area contributed by atoms with Crippen molar-refractivity contribution in [2.75, 3.05) is 6.61 Å². The Bertz CT molecular complexity index is 480. The Hall–Kier alpha value is -0.740. The Morgan fingerprint density at radius 3 is 2.95 bits per heavy atom. The summed E-state index contributed by atoms with van der Waals surface area (Å²) in [5.41, 5.74) is 0.976. The highest BCUT2D eigenvalue weighted by atomic mass is 31.2. The summed E-state index contributed by atoms with van der Waals surface area (Å²) in [7, 11) is -3.50. The van der Waals surface area contributed by atoms with Gasteiger partial charge in [-0.15, -0.1) is 0 Å². The van der Waals surface area contributed by atoms with E-state index >= 15 is 0 Å². The fourth-order valence-corrected chi connectivity index (χ4v) is 3.90. The number of hydrogen-bond donors (Lipinski definition) is 0. The molecule has 1 heterocycles. The second-order valence-electron chi connectivity index (χ2n) is 5.42. The topological polar surface area (TPSA) is 61.8 Å². The lowest BCUT2D eigenvalue weighted by molar-refractivity contribution is -0.117. The second kappa shape index (κ2) is 6.35. The molecule has 0 amide bonds. The van der Waals surface area contributed by atoms with Crippen LogP contribution in [0.25, 0.3) is 0 Å². The summed E-state index contributed by atoms with van der Waals surface area (Å²) in [4.78, 5) is 11.1. The maximum absolute atomic E-state index is 12.4. The Labute approximate surface area is 119 Å². The molecule has 20 heavy (non-hydrogen) atoms. The van der Waals surface area contributed by atoms with Crippen LogP contribution in [0.15, 0.2) is 23.8 Å². The standard InChI is InChI=1S/C14H21O5P/c1-10(2)18-20(16)17-9-13-6-4-5-12(14(13)19-20)8-7-11(3)15/h4-6,10,13-14H,7-9H2,1-3H3. The lowest BCUT2D eigenvalue weighted by Gasteiger charge is -2.37. The number of phosphoric ester groups is 1. The van der Waals surface area contributed by atoms with Crippen molar-refractivity contribution in [3.63, 3.8) is 0 Å². The number of fused-ring (bicyclic) bond motifs is 1. The smallest absolute Gasteiger partial charge is 0.300 e. The van der Waals surface area contributed by atoms with Crippen molar-refractivity contribution in [1.82, 2.24) is 0 Å². The van der Waals surface area contributed by atoms with E-state index in [1.54, 1.807) is 20.8 Å². The highest BCUT2D eigenvalue weighted by molar-refractivity contribution is 7.48. The number of rotatable bonds is 5. The third kappa shape index (κ3) is 3.89. The van der Waals surface area contributed by atoms with Crippen LogP contribution < -0.4 is 0 Å². The first-order valence-corrected chi connectivity index (χ1v) is 8.34. The van der Waals surface area contributed by atoms with Gasteiger partial charge in [0.2, 0.25) is 0 Å². The number of hydrogen-bond acceptors (Lipinski definition) is 5. The minimum Gasteiger partial charge on any atom is -0.300 e. The van der Waals surface area contributed by atoms with Crippen LogP contribution in [0.3, 0.4) is 0 Å². The van der Waals surface area contributed by atoms with Crippen molar-refractivity contribution < 1.29 is 22.9 Å². The van der Waals surface area contributed by atoms with Crippen molar-refractivity contribution in [3.05, 3.63) is 23.8 Å². The lowest BCUT2D eigenvalue weighted by Crippen LogP contribution is -2.34. The number of Topliss-reactive ketones (excluding diaryl/α,β-unsaturated/α-hetero) is 1. The van der Waals surface area contributed by atoms with Crippen LogP contribution in [0.1, 0.15) is 33.6 Å². The predicted molar refractivity (Wildman–Crippen MR) is 75.3 cm³/mol. The molecule has 0 radical (unpaired) electrons. The van der Waals surface area contributed by atoms with Crippen molar-refractivity contribution in [2.24, 2.45) is 5.92 Å². The van der Waals surface area contributed by atoms with Gasteiger partial charge in [0.1, 0.15) is 5.78 Å². The summed E-state index contributed by atoms with van der Waals surface area (Å²) in [6, 6.07) is 0. The zero-order valence-electron chi connectivity index (χ0n) is 12.1. The fourth-order valence-electron chi connectivity index (χ4n) is 2.29.